The minimum atomic E-state index is -0.0409. The molecule has 0 amide bonds. The number of hydrogen-bond donors (Lipinski definition) is 0. The first-order valence-corrected chi connectivity index (χ1v) is 28.9. The number of nitrogens with zero attached hydrogens (tertiary/aromatic N) is 3. The van der Waals surface area contributed by atoms with Crippen molar-refractivity contribution < 1.29 is 4.42 Å². The summed E-state index contributed by atoms with van der Waals surface area (Å²) in [5.41, 5.74) is 27.8. The van der Waals surface area contributed by atoms with Crippen LogP contribution in [0.15, 0.2) is 150 Å². The maximum Gasteiger partial charge on any atom is 0.252 e. The number of rotatable bonds is 5. The predicted molar refractivity (Wildman–Crippen MR) is 335 cm³/mol. The maximum atomic E-state index is 6.75. The third-order valence-corrected chi connectivity index (χ3v) is 19.0. The molecule has 3 heterocycles. The van der Waals surface area contributed by atoms with E-state index in [-0.39, 0.29) is 39.2 Å². The molecule has 0 atom stereocenters. The number of furan rings is 1. The average molecular weight is 1020 g/mol. The minimum Gasteiger partial charge on any atom is -0.456 e. The SMILES string of the molecule is Cc1cc2c3c(c1)N(c1cc4c(cc1C)C(C)(C)CCC4(C)C)c1cc4c(cc1B3c1ccc(N(c3ccc(C(C)(C)C)cc3)c3ccc(C(C)(C)C)cc3)cc1N2c1ccc2c(c1)oc1ccccc12)C(C)(C)CC4(C)C. The van der Waals surface area contributed by atoms with Gasteiger partial charge in [0.2, 0.25) is 0 Å². The highest BCUT2D eigenvalue weighted by atomic mass is 16.3. The van der Waals surface area contributed by atoms with Crippen molar-refractivity contribution in [3.63, 3.8) is 0 Å². The van der Waals surface area contributed by atoms with Crippen LogP contribution in [0, 0.1) is 13.8 Å². The second-order valence-corrected chi connectivity index (χ2v) is 28.6. The molecular weight excluding hydrogens is 946 g/mol. The standard InChI is InChI=1S/C73H78BN3O/c1-44-35-63-67-64(36-44)77(60-41-56-54(37-45(60)2)70(9,10)33-34-71(56,11)12)62-42-57-55(72(13,14)43-73(57,15)16)40-59(62)74(67)58-32-30-50(38-61(58)76(63)51-29-31-53-52-19-17-18-20-65(52)78-66(53)39-51)75(48-25-21-46(22-26-48)68(3,4)5)49-27-23-47(24-28-49)69(6,7)8/h17-32,35-42H,33-34,43H2,1-16H3. The summed E-state index contributed by atoms with van der Waals surface area (Å²) >= 11 is 0. The molecule has 4 aliphatic rings. The molecule has 13 rings (SSSR count). The third kappa shape index (κ3) is 7.75. The van der Waals surface area contributed by atoms with Crippen LogP contribution >= 0.6 is 0 Å². The van der Waals surface area contributed by atoms with Crippen molar-refractivity contribution in [2.24, 2.45) is 0 Å². The van der Waals surface area contributed by atoms with Crippen molar-refractivity contribution in [2.45, 2.75) is 163 Å². The summed E-state index contributed by atoms with van der Waals surface area (Å²) in [7, 11) is 0. The van der Waals surface area contributed by atoms with Crippen LogP contribution in [-0.2, 0) is 32.5 Å². The van der Waals surface area contributed by atoms with Gasteiger partial charge < -0.3 is 19.1 Å². The smallest absolute Gasteiger partial charge is 0.252 e. The molecule has 78 heavy (non-hydrogen) atoms. The predicted octanol–water partition coefficient (Wildman–Crippen LogP) is 18.7. The molecule has 0 fully saturated rings. The van der Waals surface area contributed by atoms with Crippen molar-refractivity contribution in [3.05, 3.63) is 190 Å². The van der Waals surface area contributed by atoms with E-state index >= 15 is 0 Å². The van der Waals surface area contributed by atoms with Crippen molar-refractivity contribution in [1.82, 2.24) is 0 Å². The van der Waals surface area contributed by atoms with Gasteiger partial charge in [-0.2, -0.15) is 0 Å². The van der Waals surface area contributed by atoms with Gasteiger partial charge in [-0.1, -0.05) is 158 Å². The van der Waals surface area contributed by atoms with E-state index in [1.807, 2.05) is 0 Å². The molecule has 0 radical (unpaired) electrons. The Balaban J connectivity index is 1.11. The highest BCUT2D eigenvalue weighted by Crippen LogP contribution is 2.55. The lowest BCUT2D eigenvalue weighted by Gasteiger charge is -2.46. The van der Waals surface area contributed by atoms with Crippen LogP contribution < -0.4 is 31.1 Å². The fourth-order valence-electron chi connectivity index (χ4n) is 14.7. The molecular formula is C73H78BN3O. The van der Waals surface area contributed by atoms with Gasteiger partial charge in [0, 0.05) is 68.0 Å². The molecule has 8 aromatic carbocycles. The lowest BCUT2D eigenvalue weighted by atomic mass is 9.33. The quantitative estimate of drug-likeness (QED) is 0.160. The first kappa shape index (κ1) is 50.5. The summed E-state index contributed by atoms with van der Waals surface area (Å²) in [4.78, 5) is 7.75. The first-order valence-electron chi connectivity index (χ1n) is 28.9. The van der Waals surface area contributed by atoms with E-state index in [4.69, 9.17) is 4.42 Å². The lowest BCUT2D eigenvalue weighted by Crippen LogP contribution is -2.61. The van der Waals surface area contributed by atoms with Gasteiger partial charge in [-0.15, -0.1) is 0 Å². The summed E-state index contributed by atoms with van der Waals surface area (Å²) < 4.78 is 6.75. The highest BCUT2D eigenvalue weighted by Gasteiger charge is 2.49. The molecule has 5 heteroatoms. The fraction of sp³-hybridized carbons (Fsp3) is 0.342. The summed E-state index contributed by atoms with van der Waals surface area (Å²) in [5.74, 6) is 0. The van der Waals surface area contributed by atoms with Crippen molar-refractivity contribution in [2.75, 3.05) is 14.7 Å². The molecule has 0 spiro atoms. The van der Waals surface area contributed by atoms with Crippen LogP contribution in [0.1, 0.15) is 161 Å². The Labute approximate surface area is 465 Å². The topological polar surface area (TPSA) is 22.9 Å². The molecule has 0 unspecified atom stereocenters. The lowest BCUT2D eigenvalue weighted by molar-refractivity contribution is 0.332. The average Bonchev–Trinajstić information content (AvgIpc) is 2.32. The van der Waals surface area contributed by atoms with E-state index < -0.39 is 0 Å². The molecule has 2 aliphatic carbocycles. The molecule has 0 saturated carbocycles. The summed E-state index contributed by atoms with van der Waals surface area (Å²) in [5, 5.41) is 2.26. The Bertz CT molecular complexity index is 3890. The number of anilines is 9. The Morgan fingerprint density at radius 2 is 0.962 bits per heavy atom. The summed E-state index contributed by atoms with van der Waals surface area (Å²) in [6, 6.07) is 56.7. The zero-order chi connectivity index (χ0) is 55.0. The number of fused-ring (bicyclic) bond motifs is 9. The van der Waals surface area contributed by atoms with Gasteiger partial charge >= 0.3 is 0 Å². The molecule has 9 aromatic rings. The number of para-hydroxylation sites is 1. The van der Waals surface area contributed by atoms with Gasteiger partial charge in [0.1, 0.15) is 11.2 Å². The van der Waals surface area contributed by atoms with Gasteiger partial charge in [0.15, 0.2) is 0 Å². The van der Waals surface area contributed by atoms with Crippen molar-refractivity contribution in [1.29, 1.82) is 0 Å². The van der Waals surface area contributed by atoms with Crippen molar-refractivity contribution in [3.8, 4) is 0 Å². The zero-order valence-electron chi connectivity index (χ0n) is 49.3. The monoisotopic (exact) mass is 1020 g/mol. The van der Waals surface area contributed by atoms with Gasteiger partial charge in [-0.05, 0) is 205 Å². The second kappa shape index (κ2) is 16.8. The Hall–Kier alpha value is -6.98. The summed E-state index contributed by atoms with van der Waals surface area (Å²) in [6.45, 7) is 38.1. The van der Waals surface area contributed by atoms with Crippen LogP contribution in [0.3, 0.4) is 0 Å². The van der Waals surface area contributed by atoms with E-state index in [2.05, 4.69) is 271 Å². The molecule has 0 saturated heterocycles. The van der Waals surface area contributed by atoms with Gasteiger partial charge in [0.25, 0.3) is 6.71 Å². The molecule has 0 bridgehead atoms. The minimum absolute atomic E-state index is 0.00732. The molecule has 4 nitrogen and oxygen atoms in total. The van der Waals surface area contributed by atoms with Crippen LogP contribution in [0.2, 0.25) is 0 Å². The van der Waals surface area contributed by atoms with Crippen LogP contribution in [-0.4, -0.2) is 6.71 Å². The van der Waals surface area contributed by atoms with Gasteiger partial charge in [-0.25, -0.2) is 0 Å². The normalized spacial score (nSPS) is 17.4. The number of aryl methyl sites for hydroxylation is 2. The van der Waals surface area contributed by atoms with E-state index in [0.29, 0.717) is 0 Å². The van der Waals surface area contributed by atoms with Gasteiger partial charge in [-0.3, -0.25) is 0 Å². The van der Waals surface area contributed by atoms with E-state index in [1.54, 1.807) is 0 Å². The van der Waals surface area contributed by atoms with Crippen molar-refractivity contribution >= 4 is 96.2 Å². The first-order chi connectivity index (χ1) is 36.7. The maximum absolute atomic E-state index is 6.75. The Kier molecular flexibility index (Phi) is 10.9. The van der Waals surface area contributed by atoms with E-state index in [9.17, 15) is 0 Å². The van der Waals surface area contributed by atoms with E-state index in [1.165, 1.54) is 95.8 Å². The Morgan fingerprint density at radius 1 is 0.449 bits per heavy atom. The number of hydrogen-bond acceptors (Lipinski definition) is 4. The molecule has 394 valence electrons. The molecule has 0 N–H and O–H groups in total. The molecule has 2 aliphatic heterocycles. The molecule has 1 aromatic heterocycles. The van der Waals surface area contributed by atoms with Gasteiger partial charge in [0.05, 0.1) is 0 Å². The largest absolute Gasteiger partial charge is 0.456 e. The second-order valence-electron chi connectivity index (χ2n) is 28.6. The summed E-state index contributed by atoms with van der Waals surface area (Å²) in [6.07, 6.45) is 3.45. The van der Waals surface area contributed by atoms with E-state index in [0.717, 1.165) is 57.5 Å². The highest BCUT2D eigenvalue weighted by molar-refractivity contribution is 7.00. The zero-order valence-corrected chi connectivity index (χ0v) is 49.3. The van der Waals surface area contributed by atoms with Crippen LogP contribution in [0.25, 0.3) is 21.9 Å². The Morgan fingerprint density at radius 3 is 1.58 bits per heavy atom. The fourth-order valence-corrected chi connectivity index (χ4v) is 14.7. The number of benzene rings is 8. The van der Waals surface area contributed by atoms with Crippen LogP contribution in [0.5, 0.6) is 0 Å². The third-order valence-electron chi connectivity index (χ3n) is 19.0. The van der Waals surface area contributed by atoms with Crippen LogP contribution in [0.4, 0.5) is 51.2 Å².